The third-order valence-electron chi connectivity index (χ3n) is 4.14. The van der Waals surface area contributed by atoms with Gasteiger partial charge in [0, 0.05) is 45.5 Å². The Morgan fingerprint density at radius 1 is 1.23 bits per heavy atom. The molecule has 2 aromatic rings. The van der Waals surface area contributed by atoms with Gasteiger partial charge in [-0.2, -0.15) is 9.40 Å². The van der Waals surface area contributed by atoms with Crippen molar-refractivity contribution in [3.8, 4) is 0 Å². The van der Waals surface area contributed by atoms with Crippen molar-refractivity contribution in [2.45, 2.75) is 31.1 Å². The minimum absolute atomic E-state index is 0.144. The number of aromatic nitrogens is 4. The molecule has 3 rings (SSSR count). The molecule has 1 aliphatic rings. The summed E-state index contributed by atoms with van der Waals surface area (Å²) in [4.78, 5) is 4.83. The summed E-state index contributed by atoms with van der Waals surface area (Å²) in [5.74, 6) is 1.10. The fourth-order valence-corrected chi connectivity index (χ4v) is 4.84. The van der Waals surface area contributed by atoms with Crippen molar-refractivity contribution in [1.82, 2.24) is 23.6 Å². The minimum Gasteiger partial charge on any atom is -0.337 e. The van der Waals surface area contributed by atoms with Crippen LogP contribution < -0.4 is 0 Å². The van der Waals surface area contributed by atoms with E-state index in [0.717, 1.165) is 17.9 Å². The number of sulfonamides is 1. The highest BCUT2D eigenvalue weighted by molar-refractivity contribution is 7.89. The summed E-state index contributed by atoms with van der Waals surface area (Å²) >= 11 is 0. The second kappa shape index (κ2) is 5.20. The van der Waals surface area contributed by atoms with E-state index in [1.807, 2.05) is 24.7 Å². The Bertz CT molecular complexity index is 805. The first-order chi connectivity index (χ1) is 10.3. The first kappa shape index (κ1) is 15.2. The summed E-state index contributed by atoms with van der Waals surface area (Å²) in [7, 11) is 0.205. The van der Waals surface area contributed by atoms with E-state index in [2.05, 4.69) is 10.1 Å². The van der Waals surface area contributed by atoms with Crippen molar-refractivity contribution in [3.05, 3.63) is 29.6 Å². The predicted octanol–water partition coefficient (Wildman–Crippen LogP) is 0.949. The van der Waals surface area contributed by atoms with Crippen molar-refractivity contribution >= 4 is 10.0 Å². The van der Waals surface area contributed by atoms with Crippen molar-refractivity contribution in [3.63, 3.8) is 0 Å². The summed E-state index contributed by atoms with van der Waals surface area (Å²) in [6.07, 6.45) is 4.34. The number of nitrogens with zero attached hydrogens (tertiary/aromatic N) is 5. The zero-order valence-corrected chi connectivity index (χ0v) is 14.1. The molecular weight excluding hydrogens is 302 g/mol. The lowest BCUT2D eigenvalue weighted by atomic mass is 10.1. The Morgan fingerprint density at radius 2 is 1.95 bits per heavy atom. The molecule has 0 saturated carbocycles. The molecule has 1 unspecified atom stereocenters. The monoisotopic (exact) mass is 323 g/mol. The SMILES string of the molecule is Cc1cn(C)c(C2CCN(S(=O)(=O)c3cn(C)nc3C)C2)n1. The summed E-state index contributed by atoms with van der Waals surface area (Å²) in [5, 5.41) is 4.14. The fraction of sp³-hybridized carbons (Fsp3) is 0.571. The molecule has 0 radical (unpaired) electrons. The molecule has 0 bridgehead atoms. The van der Waals surface area contributed by atoms with Crippen molar-refractivity contribution in [1.29, 1.82) is 0 Å². The zero-order chi connectivity index (χ0) is 16.1. The Balaban J connectivity index is 1.86. The molecule has 0 spiro atoms. The number of aryl methyl sites for hydroxylation is 4. The first-order valence-electron chi connectivity index (χ1n) is 7.29. The van der Waals surface area contributed by atoms with Crippen LogP contribution >= 0.6 is 0 Å². The molecule has 2 aromatic heterocycles. The summed E-state index contributed by atoms with van der Waals surface area (Å²) in [6.45, 7) is 4.67. The maximum Gasteiger partial charge on any atom is 0.246 e. The zero-order valence-electron chi connectivity index (χ0n) is 13.3. The molecule has 3 heterocycles. The van der Waals surface area contributed by atoms with Crippen LogP contribution in [0.15, 0.2) is 17.3 Å². The first-order valence-corrected chi connectivity index (χ1v) is 8.73. The highest BCUT2D eigenvalue weighted by Crippen LogP contribution is 2.31. The van der Waals surface area contributed by atoms with Crippen LogP contribution in [0.1, 0.15) is 29.6 Å². The van der Waals surface area contributed by atoms with Crippen LogP contribution in [-0.2, 0) is 24.1 Å². The third kappa shape index (κ3) is 2.46. The van der Waals surface area contributed by atoms with Gasteiger partial charge in [-0.25, -0.2) is 13.4 Å². The predicted molar refractivity (Wildman–Crippen MR) is 82.0 cm³/mol. The molecule has 120 valence electrons. The largest absolute Gasteiger partial charge is 0.337 e. The number of hydrogen-bond acceptors (Lipinski definition) is 4. The van der Waals surface area contributed by atoms with E-state index >= 15 is 0 Å². The standard InChI is InChI=1S/C14H21N5O2S/c1-10-7-17(3)14(15-10)12-5-6-19(8-12)22(20,21)13-9-18(4)16-11(13)2/h7,9,12H,5-6,8H2,1-4H3. The molecule has 8 heteroatoms. The second-order valence-electron chi connectivity index (χ2n) is 5.95. The average molecular weight is 323 g/mol. The van der Waals surface area contributed by atoms with Gasteiger partial charge in [-0.05, 0) is 20.3 Å². The highest BCUT2D eigenvalue weighted by Gasteiger charge is 2.36. The van der Waals surface area contributed by atoms with E-state index in [0.29, 0.717) is 23.7 Å². The lowest BCUT2D eigenvalue weighted by Gasteiger charge is -2.16. The van der Waals surface area contributed by atoms with Crippen molar-refractivity contribution < 1.29 is 8.42 Å². The molecule has 0 aromatic carbocycles. The van der Waals surface area contributed by atoms with Gasteiger partial charge in [0.2, 0.25) is 10.0 Å². The second-order valence-corrected chi connectivity index (χ2v) is 7.86. The molecule has 0 N–H and O–H groups in total. The van der Waals surface area contributed by atoms with Gasteiger partial charge in [0.05, 0.1) is 11.4 Å². The molecule has 22 heavy (non-hydrogen) atoms. The van der Waals surface area contributed by atoms with Crippen molar-refractivity contribution in [2.75, 3.05) is 13.1 Å². The Labute approximate surface area is 130 Å². The van der Waals surface area contributed by atoms with Gasteiger partial charge in [-0.1, -0.05) is 0 Å². The van der Waals surface area contributed by atoms with E-state index in [4.69, 9.17) is 0 Å². The van der Waals surface area contributed by atoms with Gasteiger partial charge in [0.25, 0.3) is 0 Å². The molecule has 1 aliphatic heterocycles. The molecule has 7 nitrogen and oxygen atoms in total. The maximum atomic E-state index is 12.8. The Morgan fingerprint density at radius 3 is 2.50 bits per heavy atom. The summed E-state index contributed by atoms with van der Waals surface area (Å²) in [6, 6.07) is 0. The third-order valence-corrected chi connectivity index (χ3v) is 6.10. The number of hydrogen-bond donors (Lipinski definition) is 0. The van der Waals surface area contributed by atoms with Crippen LogP contribution in [0.3, 0.4) is 0 Å². The highest BCUT2D eigenvalue weighted by atomic mass is 32.2. The van der Waals surface area contributed by atoms with Gasteiger partial charge in [-0.3, -0.25) is 4.68 Å². The lowest BCUT2D eigenvalue weighted by molar-refractivity contribution is 0.469. The maximum absolute atomic E-state index is 12.8. The van der Waals surface area contributed by atoms with Crippen LogP contribution in [0, 0.1) is 13.8 Å². The quantitative estimate of drug-likeness (QED) is 0.843. The van der Waals surface area contributed by atoms with E-state index in [-0.39, 0.29) is 5.92 Å². The van der Waals surface area contributed by atoms with Crippen molar-refractivity contribution in [2.24, 2.45) is 14.1 Å². The fourth-order valence-electron chi connectivity index (χ4n) is 3.14. The molecule has 1 saturated heterocycles. The average Bonchev–Trinajstić information content (AvgIpc) is 3.09. The van der Waals surface area contributed by atoms with Crippen LogP contribution in [0.5, 0.6) is 0 Å². The van der Waals surface area contributed by atoms with Crippen LogP contribution in [0.4, 0.5) is 0 Å². The summed E-state index contributed by atoms with van der Waals surface area (Å²) in [5.41, 5.74) is 1.50. The van der Waals surface area contributed by atoms with Gasteiger partial charge in [-0.15, -0.1) is 0 Å². The van der Waals surface area contributed by atoms with Gasteiger partial charge >= 0.3 is 0 Å². The van der Waals surface area contributed by atoms with Crippen LogP contribution in [0.25, 0.3) is 0 Å². The molecule has 1 atom stereocenters. The Kier molecular flexibility index (Phi) is 3.60. The van der Waals surface area contributed by atoms with Gasteiger partial charge < -0.3 is 4.57 Å². The van der Waals surface area contributed by atoms with Crippen LogP contribution in [-0.4, -0.2) is 45.1 Å². The van der Waals surface area contributed by atoms with Gasteiger partial charge in [0.15, 0.2) is 0 Å². The molecule has 0 amide bonds. The lowest BCUT2D eigenvalue weighted by Crippen LogP contribution is -2.29. The summed E-state index contributed by atoms with van der Waals surface area (Å²) < 4.78 is 30.6. The molecule has 1 fully saturated rings. The van der Waals surface area contributed by atoms with Crippen LogP contribution in [0.2, 0.25) is 0 Å². The normalized spacial score (nSPS) is 19.9. The smallest absolute Gasteiger partial charge is 0.246 e. The van der Waals surface area contributed by atoms with E-state index in [1.165, 1.54) is 4.68 Å². The van der Waals surface area contributed by atoms with E-state index in [1.54, 1.807) is 24.5 Å². The molecular formula is C14H21N5O2S. The Hall–Kier alpha value is -1.67. The van der Waals surface area contributed by atoms with Gasteiger partial charge in [0.1, 0.15) is 10.7 Å². The van der Waals surface area contributed by atoms with E-state index < -0.39 is 10.0 Å². The topological polar surface area (TPSA) is 73.0 Å². The number of rotatable bonds is 3. The molecule has 0 aliphatic carbocycles. The minimum atomic E-state index is -3.48. The number of imidazole rings is 1. The van der Waals surface area contributed by atoms with E-state index in [9.17, 15) is 8.42 Å².